The zero-order valence-corrected chi connectivity index (χ0v) is 10.9. The van der Waals surface area contributed by atoms with Gasteiger partial charge in [0.2, 0.25) is 0 Å². The molecule has 13 heavy (non-hydrogen) atoms. The largest absolute Gasteiger partial charge is 0.299 e. The van der Waals surface area contributed by atoms with Crippen LogP contribution in [0.4, 0.5) is 0 Å². The molecule has 0 heterocycles. The third kappa shape index (κ3) is 1.01. The second-order valence-corrected chi connectivity index (χ2v) is 5.75. The van der Waals surface area contributed by atoms with Crippen LogP contribution in [0.1, 0.15) is 26.2 Å². The Balaban J connectivity index is 2.45. The number of Topliss-reactive ketones (excluding diaryl/α,β-unsaturated/α-hetero) is 1. The minimum Gasteiger partial charge on any atom is -0.299 e. The van der Waals surface area contributed by atoms with Crippen molar-refractivity contribution >= 4 is 37.6 Å². The van der Waals surface area contributed by atoms with Gasteiger partial charge in [-0.15, -0.1) is 0 Å². The number of hydrogen-bond donors (Lipinski definition) is 0. The van der Waals surface area contributed by atoms with Crippen LogP contribution >= 0.6 is 31.9 Å². The van der Waals surface area contributed by atoms with Gasteiger partial charge in [-0.1, -0.05) is 38.8 Å². The van der Waals surface area contributed by atoms with Gasteiger partial charge in [0.15, 0.2) is 0 Å². The van der Waals surface area contributed by atoms with Crippen molar-refractivity contribution in [3.05, 3.63) is 0 Å². The summed E-state index contributed by atoms with van der Waals surface area (Å²) in [4.78, 5) is 11.9. The zero-order chi connectivity index (χ0) is 9.69. The quantitative estimate of drug-likeness (QED) is 0.716. The van der Waals surface area contributed by atoms with Crippen LogP contribution in [0.3, 0.4) is 0 Å². The highest BCUT2D eigenvalue weighted by atomic mass is 79.9. The number of halogens is 2. The molecule has 1 nitrogen and oxygen atoms in total. The van der Waals surface area contributed by atoms with Gasteiger partial charge < -0.3 is 0 Å². The van der Waals surface area contributed by atoms with E-state index in [4.69, 9.17) is 0 Å². The van der Waals surface area contributed by atoms with Gasteiger partial charge in [-0.25, -0.2) is 0 Å². The molecule has 0 unspecified atom stereocenters. The first-order chi connectivity index (χ1) is 6.10. The van der Waals surface area contributed by atoms with Gasteiger partial charge >= 0.3 is 0 Å². The molecular weight excluding hydrogens is 296 g/mol. The number of hydrogen-bond acceptors (Lipinski definition) is 1. The molecule has 0 aromatic heterocycles. The molecule has 0 radical (unpaired) electrons. The summed E-state index contributed by atoms with van der Waals surface area (Å²) in [6.07, 6.45) is 3.14. The summed E-state index contributed by atoms with van der Waals surface area (Å²) >= 11 is 7.12. The van der Waals surface area contributed by atoms with Crippen molar-refractivity contribution in [3.8, 4) is 0 Å². The molecule has 0 saturated heterocycles. The number of fused-ring (bicyclic) bond motifs is 2. The van der Waals surface area contributed by atoms with Crippen molar-refractivity contribution in [2.24, 2.45) is 16.7 Å². The minimum atomic E-state index is -0.0544. The van der Waals surface area contributed by atoms with Crippen molar-refractivity contribution in [3.63, 3.8) is 0 Å². The van der Waals surface area contributed by atoms with Gasteiger partial charge in [0.25, 0.3) is 0 Å². The SMILES string of the molecule is C[C@@]1(CBr)[C@H]2CC[C@@]1(CBr)C(=O)C2. The summed E-state index contributed by atoms with van der Waals surface area (Å²) < 4.78 is 0. The van der Waals surface area contributed by atoms with Crippen LogP contribution in [0, 0.1) is 16.7 Å². The fourth-order valence-electron chi connectivity index (χ4n) is 3.15. The fourth-order valence-corrected chi connectivity index (χ4v) is 5.38. The molecule has 0 spiro atoms. The van der Waals surface area contributed by atoms with E-state index in [1.165, 1.54) is 6.42 Å². The molecule has 0 aromatic carbocycles. The molecule has 2 bridgehead atoms. The molecule has 2 fully saturated rings. The average Bonchev–Trinajstić information content (AvgIpc) is 2.53. The summed E-state index contributed by atoms with van der Waals surface area (Å²) in [5, 5.41) is 1.80. The summed E-state index contributed by atoms with van der Waals surface area (Å²) in [5.41, 5.74) is 0.148. The molecule has 0 aromatic rings. The van der Waals surface area contributed by atoms with Crippen molar-refractivity contribution < 1.29 is 4.79 Å². The molecule has 3 atom stereocenters. The van der Waals surface area contributed by atoms with E-state index in [1.54, 1.807) is 0 Å². The van der Waals surface area contributed by atoms with E-state index in [0.29, 0.717) is 11.7 Å². The summed E-state index contributed by atoms with van der Waals surface area (Å²) in [5.74, 6) is 1.11. The van der Waals surface area contributed by atoms with Gasteiger partial charge in [0.1, 0.15) is 5.78 Å². The highest BCUT2D eigenvalue weighted by Gasteiger charge is 2.65. The first-order valence-electron chi connectivity index (χ1n) is 4.76. The lowest BCUT2D eigenvalue weighted by atomic mass is 9.70. The monoisotopic (exact) mass is 308 g/mol. The van der Waals surface area contributed by atoms with E-state index >= 15 is 0 Å². The Morgan fingerprint density at radius 3 is 2.54 bits per heavy atom. The van der Waals surface area contributed by atoms with Crippen molar-refractivity contribution in [1.29, 1.82) is 0 Å². The van der Waals surface area contributed by atoms with E-state index in [0.717, 1.165) is 23.5 Å². The predicted octanol–water partition coefficient (Wildman–Crippen LogP) is 3.15. The lowest BCUT2D eigenvalue weighted by Crippen LogP contribution is -2.40. The maximum Gasteiger partial charge on any atom is 0.140 e. The molecule has 2 aliphatic carbocycles. The van der Waals surface area contributed by atoms with Gasteiger partial charge in [-0.05, 0) is 24.2 Å². The molecule has 0 amide bonds. The predicted molar refractivity (Wildman–Crippen MR) is 60.5 cm³/mol. The molecule has 3 heteroatoms. The number of rotatable bonds is 2. The first-order valence-corrected chi connectivity index (χ1v) is 7.00. The number of ketones is 1. The van der Waals surface area contributed by atoms with Crippen LogP contribution < -0.4 is 0 Å². The normalized spacial score (nSPS) is 48.8. The molecule has 2 saturated carbocycles. The summed E-state index contributed by atoms with van der Waals surface area (Å²) in [7, 11) is 0. The molecule has 2 aliphatic rings. The molecular formula is C10H14Br2O. The Labute approximate surface area is 95.9 Å². The Morgan fingerprint density at radius 2 is 2.15 bits per heavy atom. The van der Waals surface area contributed by atoms with Crippen molar-refractivity contribution in [2.45, 2.75) is 26.2 Å². The van der Waals surface area contributed by atoms with Crippen LogP contribution in [0.5, 0.6) is 0 Å². The van der Waals surface area contributed by atoms with Gasteiger partial charge in [-0.2, -0.15) is 0 Å². The van der Waals surface area contributed by atoms with Crippen molar-refractivity contribution in [2.75, 3.05) is 10.7 Å². The lowest BCUT2D eigenvalue weighted by molar-refractivity contribution is -0.127. The van der Waals surface area contributed by atoms with Crippen LogP contribution in [-0.2, 0) is 4.79 Å². The highest BCUT2D eigenvalue weighted by Crippen LogP contribution is 2.65. The average molecular weight is 310 g/mol. The van der Waals surface area contributed by atoms with Crippen LogP contribution in [-0.4, -0.2) is 16.4 Å². The smallest absolute Gasteiger partial charge is 0.140 e. The topological polar surface area (TPSA) is 17.1 Å². The highest BCUT2D eigenvalue weighted by molar-refractivity contribution is 9.09. The van der Waals surface area contributed by atoms with Gasteiger partial charge in [0.05, 0.1) is 0 Å². The second-order valence-electron chi connectivity index (χ2n) is 4.63. The maximum atomic E-state index is 11.9. The van der Waals surface area contributed by atoms with Crippen LogP contribution in [0.25, 0.3) is 0 Å². The minimum absolute atomic E-state index is 0.0544. The van der Waals surface area contributed by atoms with Crippen LogP contribution in [0.15, 0.2) is 0 Å². The zero-order valence-electron chi connectivity index (χ0n) is 7.78. The Hall–Kier alpha value is 0.630. The van der Waals surface area contributed by atoms with Crippen molar-refractivity contribution in [1.82, 2.24) is 0 Å². The molecule has 74 valence electrons. The van der Waals surface area contributed by atoms with Gasteiger partial charge in [0, 0.05) is 22.5 Å². The third-order valence-electron chi connectivity index (χ3n) is 4.39. The standard InChI is InChI=1S/C10H14Br2O/c1-9(5-11)7-2-3-10(9,6-12)8(13)4-7/h7H,2-6H2,1H3/t7-,9+,10+/m0/s1. The molecule has 0 aliphatic heterocycles. The third-order valence-corrected chi connectivity index (χ3v) is 6.51. The Bertz CT molecular complexity index is 253. The van der Waals surface area contributed by atoms with Crippen LogP contribution in [0.2, 0.25) is 0 Å². The summed E-state index contributed by atoms with van der Waals surface area (Å²) in [6, 6.07) is 0. The summed E-state index contributed by atoms with van der Waals surface area (Å²) in [6.45, 7) is 2.27. The van der Waals surface area contributed by atoms with E-state index in [1.807, 2.05) is 0 Å². The van der Waals surface area contributed by atoms with E-state index in [2.05, 4.69) is 38.8 Å². The van der Waals surface area contributed by atoms with E-state index in [9.17, 15) is 4.79 Å². The van der Waals surface area contributed by atoms with E-state index < -0.39 is 0 Å². The fraction of sp³-hybridized carbons (Fsp3) is 0.900. The number of carbonyl (C=O) groups is 1. The Morgan fingerprint density at radius 1 is 1.46 bits per heavy atom. The van der Waals surface area contributed by atoms with Gasteiger partial charge in [-0.3, -0.25) is 4.79 Å². The second kappa shape index (κ2) is 3.06. The number of carbonyl (C=O) groups excluding carboxylic acids is 1. The molecule has 0 N–H and O–H groups in total. The van der Waals surface area contributed by atoms with E-state index in [-0.39, 0.29) is 10.8 Å². The maximum absolute atomic E-state index is 11.9. The first kappa shape index (κ1) is 10.2. The lowest BCUT2D eigenvalue weighted by Gasteiger charge is -2.36. The Kier molecular flexibility index (Phi) is 2.39. The molecule has 2 rings (SSSR count). The number of alkyl halides is 2.